The molecule has 1 fully saturated rings. The van der Waals surface area contributed by atoms with E-state index < -0.39 is 0 Å². The molecule has 0 aromatic heterocycles. The molecule has 0 heterocycles. The summed E-state index contributed by atoms with van der Waals surface area (Å²) in [7, 11) is 0. The van der Waals surface area contributed by atoms with Crippen molar-refractivity contribution in [3.63, 3.8) is 0 Å². The molecule has 0 atom stereocenters. The first-order valence-electron chi connectivity index (χ1n) is 8.30. The van der Waals surface area contributed by atoms with E-state index in [1.165, 1.54) is 24.0 Å². The smallest absolute Gasteiger partial charge is 0.0237 e. The van der Waals surface area contributed by atoms with Crippen LogP contribution >= 0.6 is 0 Å². The lowest BCUT2D eigenvalue weighted by Gasteiger charge is -2.27. The Kier molecular flexibility index (Phi) is 4.91. The van der Waals surface area contributed by atoms with Gasteiger partial charge in [0.05, 0.1) is 0 Å². The molecule has 0 saturated heterocycles. The fourth-order valence-electron chi connectivity index (χ4n) is 3.30. The molecule has 3 rings (SSSR count). The molecule has 0 bridgehead atoms. The highest BCUT2D eigenvalue weighted by molar-refractivity contribution is 5.17. The summed E-state index contributed by atoms with van der Waals surface area (Å²) in [5.74, 6) is 0. The Bertz CT molecular complexity index is 519. The molecule has 1 saturated carbocycles. The van der Waals surface area contributed by atoms with Gasteiger partial charge in [0.25, 0.3) is 0 Å². The molecule has 2 aromatic carbocycles. The van der Waals surface area contributed by atoms with Gasteiger partial charge in [0.15, 0.2) is 0 Å². The minimum atomic E-state index is 0.484. The Balaban J connectivity index is 1.70. The van der Waals surface area contributed by atoms with Crippen LogP contribution in [-0.2, 0) is 13.1 Å². The van der Waals surface area contributed by atoms with Gasteiger partial charge in [0, 0.05) is 19.6 Å². The van der Waals surface area contributed by atoms with Gasteiger partial charge in [-0.15, -0.1) is 0 Å². The molecule has 2 nitrogen and oxygen atoms in total. The van der Waals surface area contributed by atoms with Crippen LogP contribution < -0.4 is 5.73 Å². The average Bonchev–Trinajstić information content (AvgIpc) is 3.29. The molecule has 2 heteroatoms. The minimum Gasteiger partial charge on any atom is -0.330 e. The van der Waals surface area contributed by atoms with Crippen LogP contribution in [0.1, 0.15) is 30.4 Å². The predicted octanol–water partition coefficient (Wildman–Crippen LogP) is 3.82. The van der Waals surface area contributed by atoms with E-state index in [1.807, 2.05) is 0 Å². The Labute approximate surface area is 134 Å². The maximum atomic E-state index is 5.82. The molecular formula is C20H26N2. The number of nitrogens with zero attached hydrogens (tertiary/aromatic N) is 1. The van der Waals surface area contributed by atoms with Gasteiger partial charge in [-0.1, -0.05) is 60.7 Å². The molecule has 0 amide bonds. The second kappa shape index (κ2) is 7.08. The molecule has 1 aliphatic rings. The third kappa shape index (κ3) is 4.19. The molecule has 0 unspecified atom stereocenters. The Morgan fingerprint density at radius 2 is 1.32 bits per heavy atom. The number of rotatable bonds is 8. The van der Waals surface area contributed by atoms with Crippen molar-refractivity contribution in [2.75, 3.05) is 13.1 Å². The minimum absolute atomic E-state index is 0.484. The van der Waals surface area contributed by atoms with Gasteiger partial charge in [-0.05, 0) is 42.3 Å². The maximum absolute atomic E-state index is 5.82. The fourth-order valence-corrected chi connectivity index (χ4v) is 3.30. The summed E-state index contributed by atoms with van der Waals surface area (Å²) in [6, 6.07) is 21.6. The maximum Gasteiger partial charge on any atom is 0.0237 e. The molecule has 0 radical (unpaired) electrons. The highest BCUT2D eigenvalue weighted by Crippen LogP contribution is 2.49. The zero-order chi connectivity index (χ0) is 15.3. The summed E-state index contributed by atoms with van der Waals surface area (Å²) in [6.45, 7) is 4.00. The summed E-state index contributed by atoms with van der Waals surface area (Å²) in [5, 5.41) is 0. The largest absolute Gasteiger partial charge is 0.330 e. The second-order valence-electron chi connectivity index (χ2n) is 6.66. The summed E-state index contributed by atoms with van der Waals surface area (Å²) < 4.78 is 0. The SMILES string of the molecule is NCCC1(CN(Cc2ccccc2)Cc2ccccc2)CC1. The molecule has 22 heavy (non-hydrogen) atoms. The summed E-state index contributed by atoms with van der Waals surface area (Å²) >= 11 is 0. The lowest BCUT2D eigenvalue weighted by Crippen LogP contribution is -2.31. The van der Waals surface area contributed by atoms with Crippen LogP contribution in [0.4, 0.5) is 0 Å². The molecule has 0 aliphatic heterocycles. The van der Waals surface area contributed by atoms with Gasteiger partial charge in [-0.3, -0.25) is 4.90 Å². The number of benzene rings is 2. The van der Waals surface area contributed by atoms with Crippen molar-refractivity contribution >= 4 is 0 Å². The van der Waals surface area contributed by atoms with Crippen molar-refractivity contribution in [1.82, 2.24) is 4.90 Å². The highest BCUT2D eigenvalue weighted by Gasteiger charge is 2.42. The van der Waals surface area contributed by atoms with E-state index in [0.717, 1.165) is 32.6 Å². The van der Waals surface area contributed by atoms with Crippen LogP contribution in [0.5, 0.6) is 0 Å². The van der Waals surface area contributed by atoms with E-state index in [4.69, 9.17) is 5.73 Å². The Morgan fingerprint density at radius 3 is 1.73 bits per heavy atom. The van der Waals surface area contributed by atoms with E-state index in [0.29, 0.717) is 5.41 Å². The third-order valence-electron chi connectivity index (χ3n) is 4.69. The number of hydrogen-bond acceptors (Lipinski definition) is 2. The van der Waals surface area contributed by atoms with E-state index in [1.54, 1.807) is 0 Å². The quantitative estimate of drug-likeness (QED) is 0.802. The molecule has 0 spiro atoms. The summed E-state index contributed by atoms with van der Waals surface area (Å²) in [6.07, 6.45) is 3.83. The zero-order valence-electron chi connectivity index (χ0n) is 13.2. The Hall–Kier alpha value is -1.64. The molecule has 1 aliphatic carbocycles. The number of hydrogen-bond donors (Lipinski definition) is 1. The molecule has 2 aromatic rings. The van der Waals surface area contributed by atoms with Gasteiger partial charge in [-0.2, -0.15) is 0 Å². The topological polar surface area (TPSA) is 29.3 Å². The van der Waals surface area contributed by atoms with Crippen LogP contribution in [0, 0.1) is 5.41 Å². The lowest BCUT2D eigenvalue weighted by atomic mass is 10.0. The van der Waals surface area contributed by atoms with Crippen molar-refractivity contribution in [2.24, 2.45) is 11.1 Å². The van der Waals surface area contributed by atoms with E-state index in [-0.39, 0.29) is 0 Å². The first-order valence-corrected chi connectivity index (χ1v) is 8.30. The predicted molar refractivity (Wildman–Crippen MR) is 92.3 cm³/mol. The monoisotopic (exact) mass is 294 g/mol. The first kappa shape index (κ1) is 15.3. The molecular weight excluding hydrogens is 268 g/mol. The average molecular weight is 294 g/mol. The highest BCUT2D eigenvalue weighted by atomic mass is 15.1. The van der Waals surface area contributed by atoms with Gasteiger partial charge in [-0.25, -0.2) is 0 Å². The van der Waals surface area contributed by atoms with E-state index in [2.05, 4.69) is 65.6 Å². The van der Waals surface area contributed by atoms with Crippen molar-refractivity contribution < 1.29 is 0 Å². The van der Waals surface area contributed by atoms with Gasteiger partial charge >= 0.3 is 0 Å². The summed E-state index contributed by atoms with van der Waals surface area (Å²) in [5.41, 5.74) is 9.08. The van der Waals surface area contributed by atoms with Gasteiger partial charge in [0.1, 0.15) is 0 Å². The third-order valence-corrected chi connectivity index (χ3v) is 4.69. The van der Waals surface area contributed by atoms with Crippen LogP contribution in [-0.4, -0.2) is 18.0 Å². The van der Waals surface area contributed by atoms with E-state index >= 15 is 0 Å². The zero-order valence-corrected chi connectivity index (χ0v) is 13.2. The van der Waals surface area contributed by atoms with Crippen molar-refractivity contribution in [3.8, 4) is 0 Å². The first-order chi connectivity index (χ1) is 10.8. The second-order valence-corrected chi connectivity index (χ2v) is 6.66. The standard InChI is InChI=1S/C20H26N2/c21-14-13-20(11-12-20)17-22(15-18-7-3-1-4-8-18)16-19-9-5-2-6-10-19/h1-10H,11-17,21H2. The fraction of sp³-hybridized carbons (Fsp3) is 0.400. The van der Waals surface area contributed by atoms with Crippen LogP contribution in [0.15, 0.2) is 60.7 Å². The van der Waals surface area contributed by atoms with Crippen LogP contribution in [0.2, 0.25) is 0 Å². The van der Waals surface area contributed by atoms with Crippen LogP contribution in [0.25, 0.3) is 0 Å². The lowest BCUT2D eigenvalue weighted by molar-refractivity contribution is 0.198. The number of nitrogens with two attached hydrogens (primary N) is 1. The van der Waals surface area contributed by atoms with Gasteiger partial charge in [0.2, 0.25) is 0 Å². The van der Waals surface area contributed by atoms with Crippen molar-refractivity contribution in [2.45, 2.75) is 32.4 Å². The van der Waals surface area contributed by atoms with E-state index in [9.17, 15) is 0 Å². The normalized spacial score (nSPS) is 15.9. The Morgan fingerprint density at radius 1 is 0.818 bits per heavy atom. The molecule has 116 valence electrons. The van der Waals surface area contributed by atoms with Crippen molar-refractivity contribution in [1.29, 1.82) is 0 Å². The van der Waals surface area contributed by atoms with Crippen molar-refractivity contribution in [3.05, 3.63) is 71.8 Å². The van der Waals surface area contributed by atoms with Gasteiger partial charge < -0.3 is 5.73 Å². The summed E-state index contributed by atoms with van der Waals surface area (Å²) in [4.78, 5) is 2.59. The van der Waals surface area contributed by atoms with Crippen LogP contribution in [0.3, 0.4) is 0 Å². The molecule has 2 N–H and O–H groups in total.